The fourth-order valence-corrected chi connectivity index (χ4v) is 3.92. The second-order valence-electron chi connectivity index (χ2n) is 7.11. The number of nitrogens with zero attached hydrogens (tertiary/aromatic N) is 3. The first-order chi connectivity index (χ1) is 13.0. The van der Waals surface area contributed by atoms with Crippen LogP contribution < -0.4 is 15.6 Å². The van der Waals surface area contributed by atoms with Crippen molar-refractivity contribution in [2.24, 2.45) is 0 Å². The third-order valence-corrected chi connectivity index (χ3v) is 5.31. The third-order valence-electron chi connectivity index (χ3n) is 5.31. The molecule has 1 aromatic carbocycles. The van der Waals surface area contributed by atoms with Crippen LogP contribution in [0.3, 0.4) is 0 Å². The molecule has 3 amide bonds. The van der Waals surface area contributed by atoms with Gasteiger partial charge in [0, 0.05) is 24.8 Å². The van der Waals surface area contributed by atoms with E-state index in [1.165, 1.54) is 17.0 Å². The molecule has 1 unspecified atom stereocenters. The Morgan fingerprint density at radius 3 is 2.44 bits per heavy atom. The summed E-state index contributed by atoms with van der Waals surface area (Å²) in [6, 6.07) is 6.09. The van der Waals surface area contributed by atoms with Crippen molar-refractivity contribution in [1.29, 1.82) is 0 Å². The summed E-state index contributed by atoms with van der Waals surface area (Å²) < 4.78 is 13.2. The standard InChI is InChI=1S/C18H22FN5O3/c19-12-5-7-14(8-6-12)22-9-10-23-16(26)17(27)24(21-18(22)23)11-15(25)20-13-3-1-2-4-13/h5-8,13,18,21H,1-4,9-11H2,(H,20,25). The van der Waals surface area contributed by atoms with Gasteiger partial charge in [-0.1, -0.05) is 12.8 Å². The zero-order chi connectivity index (χ0) is 19.0. The van der Waals surface area contributed by atoms with Crippen molar-refractivity contribution < 1.29 is 18.8 Å². The molecule has 1 atom stereocenters. The Labute approximate surface area is 156 Å². The predicted octanol–water partition coefficient (Wildman–Crippen LogP) is 0.163. The van der Waals surface area contributed by atoms with Gasteiger partial charge in [0.05, 0.1) is 0 Å². The Morgan fingerprint density at radius 2 is 1.74 bits per heavy atom. The summed E-state index contributed by atoms with van der Waals surface area (Å²) in [5.41, 5.74) is 3.71. The fourth-order valence-electron chi connectivity index (χ4n) is 3.92. The van der Waals surface area contributed by atoms with Crippen LogP contribution in [0, 0.1) is 5.82 Å². The predicted molar refractivity (Wildman–Crippen MR) is 94.5 cm³/mol. The van der Waals surface area contributed by atoms with E-state index in [2.05, 4.69) is 10.7 Å². The van der Waals surface area contributed by atoms with E-state index < -0.39 is 18.1 Å². The number of amides is 3. The number of anilines is 1. The lowest BCUT2D eigenvalue weighted by molar-refractivity contribution is -0.163. The average Bonchev–Trinajstić information content (AvgIpc) is 3.30. The van der Waals surface area contributed by atoms with Gasteiger partial charge in [-0.15, -0.1) is 0 Å². The molecule has 1 aliphatic carbocycles. The van der Waals surface area contributed by atoms with Crippen molar-refractivity contribution in [3.8, 4) is 0 Å². The highest BCUT2D eigenvalue weighted by Crippen LogP contribution is 2.25. The van der Waals surface area contributed by atoms with E-state index in [0.717, 1.165) is 36.4 Å². The van der Waals surface area contributed by atoms with Gasteiger partial charge in [-0.3, -0.25) is 24.3 Å². The van der Waals surface area contributed by atoms with E-state index in [4.69, 9.17) is 0 Å². The van der Waals surface area contributed by atoms with Crippen molar-refractivity contribution in [2.75, 3.05) is 24.5 Å². The van der Waals surface area contributed by atoms with Gasteiger partial charge < -0.3 is 10.2 Å². The van der Waals surface area contributed by atoms with E-state index >= 15 is 0 Å². The fraction of sp³-hybridized carbons (Fsp3) is 0.500. The number of halogens is 1. The normalized spacial score (nSPS) is 23.1. The summed E-state index contributed by atoms with van der Waals surface area (Å²) in [5, 5.41) is 4.00. The van der Waals surface area contributed by atoms with Gasteiger partial charge in [0.25, 0.3) is 0 Å². The van der Waals surface area contributed by atoms with Crippen molar-refractivity contribution in [1.82, 2.24) is 20.7 Å². The number of hydrazine groups is 1. The Kier molecular flexibility index (Phi) is 4.69. The molecule has 3 fully saturated rings. The molecule has 9 heteroatoms. The minimum atomic E-state index is -0.742. The highest BCUT2D eigenvalue weighted by molar-refractivity contribution is 6.35. The molecular weight excluding hydrogens is 353 g/mol. The lowest BCUT2D eigenvalue weighted by Crippen LogP contribution is -2.68. The molecule has 2 aliphatic heterocycles. The van der Waals surface area contributed by atoms with Crippen molar-refractivity contribution >= 4 is 23.4 Å². The number of fused-ring (bicyclic) bond motifs is 1. The van der Waals surface area contributed by atoms with Crippen LogP contribution in [0.2, 0.25) is 0 Å². The number of carbonyl (C=O) groups is 3. The molecule has 4 rings (SSSR count). The van der Waals surface area contributed by atoms with Crippen LogP contribution in [0.4, 0.5) is 10.1 Å². The highest BCUT2D eigenvalue weighted by atomic mass is 19.1. The SMILES string of the molecule is O=C(CN1NC2N(CCN2c2ccc(F)cc2)C(=O)C1=O)NC1CCCC1. The lowest BCUT2D eigenvalue weighted by atomic mass is 10.2. The van der Waals surface area contributed by atoms with Gasteiger partial charge in [0.1, 0.15) is 12.4 Å². The van der Waals surface area contributed by atoms with Crippen molar-refractivity contribution in [3.05, 3.63) is 30.1 Å². The maximum absolute atomic E-state index is 13.2. The van der Waals surface area contributed by atoms with Gasteiger partial charge in [-0.05, 0) is 37.1 Å². The minimum absolute atomic E-state index is 0.145. The first kappa shape index (κ1) is 17.7. The molecule has 2 N–H and O–H groups in total. The van der Waals surface area contributed by atoms with Gasteiger partial charge in [-0.2, -0.15) is 5.43 Å². The lowest BCUT2D eigenvalue weighted by Gasteiger charge is -2.40. The maximum Gasteiger partial charge on any atom is 0.326 e. The number of hydrogen-bond donors (Lipinski definition) is 2. The third kappa shape index (κ3) is 3.46. The maximum atomic E-state index is 13.2. The molecule has 0 aromatic heterocycles. The van der Waals surface area contributed by atoms with Gasteiger partial charge in [-0.25, -0.2) is 4.39 Å². The van der Waals surface area contributed by atoms with E-state index in [1.54, 1.807) is 12.1 Å². The summed E-state index contributed by atoms with van der Waals surface area (Å²) >= 11 is 0. The van der Waals surface area contributed by atoms with Gasteiger partial charge in [0.15, 0.2) is 6.29 Å². The van der Waals surface area contributed by atoms with E-state index in [9.17, 15) is 18.8 Å². The molecule has 0 radical (unpaired) electrons. The molecule has 144 valence electrons. The summed E-state index contributed by atoms with van der Waals surface area (Å²) in [4.78, 5) is 40.4. The number of nitrogens with one attached hydrogen (secondary N) is 2. The monoisotopic (exact) mass is 375 g/mol. The molecule has 2 saturated heterocycles. The number of rotatable bonds is 4. The van der Waals surface area contributed by atoms with Crippen LogP contribution in [0.25, 0.3) is 0 Å². The van der Waals surface area contributed by atoms with E-state index in [0.29, 0.717) is 13.1 Å². The van der Waals surface area contributed by atoms with Crippen molar-refractivity contribution in [3.63, 3.8) is 0 Å². The number of hydrogen-bond acceptors (Lipinski definition) is 5. The van der Waals surface area contributed by atoms with E-state index in [1.807, 2.05) is 4.90 Å². The second-order valence-corrected chi connectivity index (χ2v) is 7.11. The summed E-state index contributed by atoms with van der Waals surface area (Å²) in [6.45, 7) is 0.662. The Morgan fingerprint density at radius 1 is 1.07 bits per heavy atom. The zero-order valence-electron chi connectivity index (χ0n) is 14.9. The van der Waals surface area contributed by atoms with Crippen LogP contribution in [0.1, 0.15) is 25.7 Å². The smallest absolute Gasteiger partial charge is 0.326 e. The first-order valence-electron chi connectivity index (χ1n) is 9.23. The summed E-state index contributed by atoms with van der Waals surface area (Å²) in [6.07, 6.45) is 3.49. The Hall–Kier alpha value is -2.68. The summed E-state index contributed by atoms with van der Waals surface area (Å²) in [7, 11) is 0. The average molecular weight is 375 g/mol. The molecular formula is C18H22FN5O3. The highest BCUT2D eigenvalue weighted by Gasteiger charge is 2.45. The first-order valence-corrected chi connectivity index (χ1v) is 9.23. The largest absolute Gasteiger partial charge is 0.352 e. The quantitative estimate of drug-likeness (QED) is 0.733. The minimum Gasteiger partial charge on any atom is -0.352 e. The molecule has 1 saturated carbocycles. The van der Waals surface area contributed by atoms with Crippen LogP contribution in [-0.2, 0) is 14.4 Å². The molecule has 0 spiro atoms. The molecule has 27 heavy (non-hydrogen) atoms. The topological polar surface area (TPSA) is 85.0 Å². The molecule has 1 aromatic rings. The second kappa shape index (κ2) is 7.15. The zero-order valence-corrected chi connectivity index (χ0v) is 14.9. The molecule has 8 nitrogen and oxygen atoms in total. The number of benzene rings is 1. The van der Waals surface area contributed by atoms with Crippen LogP contribution in [-0.4, -0.2) is 59.6 Å². The number of carbonyl (C=O) groups excluding carboxylic acids is 3. The molecule has 0 bridgehead atoms. The summed E-state index contributed by atoms with van der Waals surface area (Å²) in [5.74, 6) is -2.01. The van der Waals surface area contributed by atoms with Crippen LogP contribution >= 0.6 is 0 Å². The van der Waals surface area contributed by atoms with Gasteiger partial charge in [0.2, 0.25) is 5.91 Å². The Balaban J connectivity index is 1.46. The molecule has 2 heterocycles. The van der Waals surface area contributed by atoms with Crippen molar-refractivity contribution in [2.45, 2.75) is 38.0 Å². The van der Waals surface area contributed by atoms with Crippen LogP contribution in [0.15, 0.2) is 24.3 Å². The van der Waals surface area contributed by atoms with Gasteiger partial charge >= 0.3 is 11.8 Å². The van der Waals surface area contributed by atoms with Crippen LogP contribution in [0.5, 0.6) is 0 Å². The Bertz CT molecular complexity index is 750. The van der Waals surface area contributed by atoms with E-state index in [-0.39, 0.29) is 24.3 Å². The molecule has 3 aliphatic rings.